The van der Waals surface area contributed by atoms with E-state index in [1.165, 1.54) is 24.0 Å². The zero-order chi connectivity index (χ0) is 19.9. The molecule has 0 radical (unpaired) electrons. The maximum atomic E-state index is 12.6. The highest BCUT2D eigenvalue weighted by molar-refractivity contribution is 5.81. The molecular weight excluding hydrogens is 350 g/mol. The third kappa shape index (κ3) is 5.51. The van der Waals surface area contributed by atoms with Gasteiger partial charge in [0.05, 0.1) is 6.10 Å². The van der Waals surface area contributed by atoms with Crippen LogP contribution in [0.25, 0.3) is 0 Å². The number of amides is 1. The van der Waals surface area contributed by atoms with Gasteiger partial charge in [-0.15, -0.1) is 0 Å². The molecule has 150 valence electrons. The van der Waals surface area contributed by atoms with Crippen molar-refractivity contribution in [2.24, 2.45) is 0 Å². The van der Waals surface area contributed by atoms with E-state index in [9.17, 15) is 4.79 Å². The Kier molecular flexibility index (Phi) is 6.96. The minimum Gasteiger partial charge on any atom is -0.491 e. The van der Waals surface area contributed by atoms with Gasteiger partial charge in [-0.05, 0) is 86.9 Å². The molecule has 1 aliphatic carbocycles. The number of rotatable bonds is 8. The molecule has 1 amide bonds. The molecule has 2 aromatic carbocycles. The summed E-state index contributed by atoms with van der Waals surface area (Å²) in [5.41, 5.74) is 3.79. The lowest BCUT2D eigenvalue weighted by Crippen LogP contribution is -2.37. The van der Waals surface area contributed by atoms with Crippen molar-refractivity contribution in [1.29, 1.82) is 0 Å². The summed E-state index contributed by atoms with van der Waals surface area (Å²) < 4.78 is 11.7. The van der Waals surface area contributed by atoms with E-state index in [1.807, 2.05) is 51.1 Å². The van der Waals surface area contributed by atoms with Crippen LogP contribution in [0.1, 0.15) is 56.7 Å². The summed E-state index contributed by atoms with van der Waals surface area (Å²) >= 11 is 0. The predicted molar refractivity (Wildman–Crippen MR) is 112 cm³/mol. The minimum atomic E-state index is -0.489. The number of carbonyl (C=O) groups excluding carboxylic acids is 1. The van der Waals surface area contributed by atoms with Gasteiger partial charge in [-0.25, -0.2) is 0 Å². The fourth-order valence-electron chi connectivity index (χ4n) is 3.57. The third-order valence-electron chi connectivity index (χ3n) is 5.00. The largest absolute Gasteiger partial charge is 0.491 e. The first-order valence-corrected chi connectivity index (χ1v) is 10.4. The van der Waals surface area contributed by atoms with Crippen molar-refractivity contribution in [3.8, 4) is 11.5 Å². The Morgan fingerprint density at radius 3 is 2.50 bits per heavy atom. The Morgan fingerprint density at radius 1 is 1.00 bits per heavy atom. The van der Waals surface area contributed by atoms with Crippen LogP contribution in [0.15, 0.2) is 42.5 Å². The van der Waals surface area contributed by atoms with Crippen molar-refractivity contribution in [3.05, 3.63) is 59.2 Å². The average Bonchev–Trinajstić information content (AvgIpc) is 2.70. The Bertz CT molecular complexity index is 800. The molecule has 1 N–H and O–H groups in total. The van der Waals surface area contributed by atoms with Gasteiger partial charge in [-0.1, -0.05) is 25.1 Å². The summed E-state index contributed by atoms with van der Waals surface area (Å²) in [6.07, 6.45) is 5.00. The number of fused-ring (bicyclic) bond motifs is 1. The highest BCUT2D eigenvalue weighted by Crippen LogP contribution is 2.26. The predicted octanol–water partition coefficient (Wildman–Crippen LogP) is 4.83. The van der Waals surface area contributed by atoms with Crippen molar-refractivity contribution in [3.63, 3.8) is 0 Å². The van der Waals surface area contributed by atoms with Crippen molar-refractivity contribution < 1.29 is 14.3 Å². The molecule has 0 aliphatic heterocycles. The highest BCUT2D eigenvalue weighted by atomic mass is 16.5. The quantitative estimate of drug-likeness (QED) is 0.713. The molecule has 3 rings (SSSR count). The summed E-state index contributed by atoms with van der Waals surface area (Å²) in [6.45, 7) is 6.43. The summed E-state index contributed by atoms with van der Waals surface area (Å²) in [5.74, 6) is 1.52. The number of hydrogen-bond donors (Lipinski definition) is 1. The normalized spacial score (nSPS) is 14.3. The number of benzene rings is 2. The van der Waals surface area contributed by atoms with Gasteiger partial charge in [0, 0.05) is 6.54 Å². The molecule has 4 nitrogen and oxygen atoms in total. The SMILES string of the molecule is CC[C@@H](Oc1ccc2c(c1)CCCC2)C(=O)NCc1cccc(OC(C)C)c1. The van der Waals surface area contributed by atoms with Crippen molar-refractivity contribution in [2.45, 2.75) is 71.6 Å². The first-order valence-electron chi connectivity index (χ1n) is 10.4. The fraction of sp³-hybridized carbons (Fsp3) is 0.458. The fourth-order valence-corrected chi connectivity index (χ4v) is 3.57. The molecule has 0 heterocycles. The zero-order valence-electron chi connectivity index (χ0n) is 17.2. The van der Waals surface area contributed by atoms with Gasteiger partial charge in [0.25, 0.3) is 5.91 Å². The van der Waals surface area contributed by atoms with E-state index in [-0.39, 0.29) is 12.0 Å². The number of aryl methyl sites for hydroxylation is 2. The average molecular weight is 382 g/mol. The number of hydrogen-bond acceptors (Lipinski definition) is 3. The molecule has 28 heavy (non-hydrogen) atoms. The van der Waals surface area contributed by atoms with Crippen molar-refractivity contribution >= 4 is 5.91 Å². The lowest BCUT2D eigenvalue weighted by Gasteiger charge is -2.20. The smallest absolute Gasteiger partial charge is 0.261 e. The van der Waals surface area contributed by atoms with Gasteiger partial charge in [0.1, 0.15) is 11.5 Å². The van der Waals surface area contributed by atoms with Crippen LogP contribution in [0.3, 0.4) is 0 Å². The molecule has 0 saturated carbocycles. The van der Waals surface area contributed by atoms with E-state index >= 15 is 0 Å². The zero-order valence-corrected chi connectivity index (χ0v) is 17.2. The Morgan fingerprint density at radius 2 is 1.75 bits per heavy atom. The number of carbonyl (C=O) groups is 1. The molecule has 0 spiro atoms. The summed E-state index contributed by atoms with van der Waals surface area (Å²) in [5, 5.41) is 2.99. The summed E-state index contributed by atoms with van der Waals surface area (Å²) in [7, 11) is 0. The third-order valence-corrected chi connectivity index (χ3v) is 5.00. The molecule has 0 aromatic heterocycles. The van der Waals surface area contributed by atoms with E-state index in [1.54, 1.807) is 0 Å². The van der Waals surface area contributed by atoms with Gasteiger partial charge in [0.2, 0.25) is 0 Å². The van der Waals surface area contributed by atoms with Crippen molar-refractivity contribution in [1.82, 2.24) is 5.32 Å². The molecule has 0 bridgehead atoms. The first kappa shape index (κ1) is 20.2. The molecule has 0 fully saturated rings. The Labute approximate surface area is 168 Å². The molecule has 4 heteroatoms. The molecule has 2 aromatic rings. The van der Waals surface area contributed by atoms with E-state index in [2.05, 4.69) is 17.4 Å². The maximum absolute atomic E-state index is 12.6. The molecule has 0 saturated heterocycles. The second kappa shape index (κ2) is 9.63. The van der Waals surface area contributed by atoms with Gasteiger partial charge in [-0.3, -0.25) is 4.79 Å². The van der Waals surface area contributed by atoms with Gasteiger partial charge >= 0.3 is 0 Å². The lowest BCUT2D eigenvalue weighted by atomic mass is 9.92. The second-order valence-corrected chi connectivity index (χ2v) is 7.68. The van der Waals surface area contributed by atoms with Gasteiger partial charge in [0.15, 0.2) is 6.10 Å². The van der Waals surface area contributed by atoms with E-state index < -0.39 is 6.10 Å². The first-order chi connectivity index (χ1) is 13.5. The van der Waals surface area contributed by atoms with Crippen LogP contribution in [0.4, 0.5) is 0 Å². The van der Waals surface area contributed by atoms with Crippen LogP contribution < -0.4 is 14.8 Å². The van der Waals surface area contributed by atoms with Crippen LogP contribution >= 0.6 is 0 Å². The number of nitrogens with one attached hydrogen (secondary N) is 1. The molecule has 0 unspecified atom stereocenters. The van der Waals surface area contributed by atoms with Crippen LogP contribution in [-0.2, 0) is 24.2 Å². The van der Waals surface area contributed by atoms with Crippen molar-refractivity contribution in [2.75, 3.05) is 0 Å². The standard InChI is InChI=1S/C24H31NO3/c1-4-23(28-22-13-12-19-9-5-6-10-20(19)15-22)24(26)25-16-18-8-7-11-21(14-18)27-17(2)3/h7-8,11-15,17,23H,4-6,9-10,16H2,1-3H3,(H,25,26)/t23-/m1/s1. The maximum Gasteiger partial charge on any atom is 0.261 e. The number of ether oxygens (including phenoxy) is 2. The summed E-state index contributed by atoms with van der Waals surface area (Å²) in [6, 6.07) is 14.1. The van der Waals surface area contributed by atoms with E-state index in [0.717, 1.165) is 29.9 Å². The van der Waals surface area contributed by atoms with Crippen LogP contribution in [0, 0.1) is 0 Å². The highest BCUT2D eigenvalue weighted by Gasteiger charge is 2.19. The topological polar surface area (TPSA) is 47.6 Å². The Hall–Kier alpha value is -2.49. The van der Waals surface area contributed by atoms with Gasteiger partial charge in [-0.2, -0.15) is 0 Å². The van der Waals surface area contributed by atoms with Crippen LogP contribution in [0.5, 0.6) is 11.5 Å². The van der Waals surface area contributed by atoms with E-state index in [4.69, 9.17) is 9.47 Å². The minimum absolute atomic E-state index is 0.0876. The molecule has 1 atom stereocenters. The lowest BCUT2D eigenvalue weighted by molar-refractivity contribution is -0.128. The second-order valence-electron chi connectivity index (χ2n) is 7.68. The summed E-state index contributed by atoms with van der Waals surface area (Å²) in [4.78, 5) is 12.6. The van der Waals surface area contributed by atoms with E-state index in [0.29, 0.717) is 13.0 Å². The van der Waals surface area contributed by atoms with Crippen LogP contribution in [0.2, 0.25) is 0 Å². The monoisotopic (exact) mass is 381 g/mol. The molecular formula is C24H31NO3. The van der Waals surface area contributed by atoms with Crippen LogP contribution in [-0.4, -0.2) is 18.1 Å². The van der Waals surface area contributed by atoms with Gasteiger partial charge < -0.3 is 14.8 Å². The molecule has 1 aliphatic rings. The Balaban J connectivity index is 1.58.